The molecule has 1 N–H and O–H groups in total. The molecule has 0 amide bonds. The standard InChI is InChI=1S/C9H11N.2C2H6O/c1-2-8-10-9-6-4-3-5-7-9;2*1-3-2/h2-8,10H,1H3;2*1-2H3. The third-order valence-corrected chi connectivity index (χ3v) is 1.19. The van der Waals surface area contributed by atoms with Gasteiger partial charge in [0.05, 0.1) is 0 Å². The Bertz CT molecular complexity index is 233. The van der Waals surface area contributed by atoms with Crippen molar-refractivity contribution in [2.45, 2.75) is 6.92 Å². The van der Waals surface area contributed by atoms with Crippen molar-refractivity contribution in [3.63, 3.8) is 0 Å². The molecule has 0 heterocycles. The molecule has 92 valence electrons. The lowest BCUT2D eigenvalue weighted by atomic mass is 10.3. The second kappa shape index (κ2) is 16.1. The first-order valence-electron chi connectivity index (χ1n) is 4.99. The highest BCUT2D eigenvalue weighted by atomic mass is 16.5. The summed E-state index contributed by atoms with van der Waals surface area (Å²) in [6.45, 7) is 1.98. The Balaban J connectivity index is 0. The summed E-state index contributed by atoms with van der Waals surface area (Å²) in [5.74, 6) is 0. The number of anilines is 1. The van der Waals surface area contributed by atoms with Crippen molar-refractivity contribution >= 4 is 5.69 Å². The van der Waals surface area contributed by atoms with Crippen molar-refractivity contribution in [2.24, 2.45) is 0 Å². The van der Waals surface area contributed by atoms with Crippen LogP contribution in [0.3, 0.4) is 0 Å². The topological polar surface area (TPSA) is 30.5 Å². The zero-order valence-electron chi connectivity index (χ0n) is 10.9. The molecule has 3 heteroatoms. The van der Waals surface area contributed by atoms with Gasteiger partial charge in [-0.25, -0.2) is 0 Å². The molecule has 0 saturated carbocycles. The van der Waals surface area contributed by atoms with E-state index in [9.17, 15) is 0 Å². The molecule has 0 aliphatic rings. The van der Waals surface area contributed by atoms with E-state index in [1.54, 1.807) is 28.4 Å². The molecule has 0 unspecified atom stereocenters. The first-order chi connectivity index (χ1) is 7.76. The Morgan fingerprint density at radius 3 is 1.75 bits per heavy atom. The van der Waals surface area contributed by atoms with E-state index in [1.807, 2.05) is 49.5 Å². The summed E-state index contributed by atoms with van der Waals surface area (Å²) in [4.78, 5) is 0. The summed E-state index contributed by atoms with van der Waals surface area (Å²) in [6, 6.07) is 10.1. The van der Waals surface area contributed by atoms with Gasteiger partial charge in [-0.05, 0) is 25.3 Å². The monoisotopic (exact) mass is 225 g/mol. The fraction of sp³-hybridized carbons (Fsp3) is 0.385. The van der Waals surface area contributed by atoms with Gasteiger partial charge in [0.25, 0.3) is 0 Å². The summed E-state index contributed by atoms with van der Waals surface area (Å²) < 4.78 is 8.50. The second-order valence-corrected chi connectivity index (χ2v) is 2.83. The van der Waals surface area contributed by atoms with Crippen molar-refractivity contribution in [2.75, 3.05) is 33.8 Å². The predicted molar refractivity (Wildman–Crippen MR) is 70.7 cm³/mol. The largest absolute Gasteiger partial charge is 0.388 e. The molecule has 0 fully saturated rings. The summed E-state index contributed by atoms with van der Waals surface area (Å²) in [6.07, 6.45) is 3.88. The van der Waals surface area contributed by atoms with Gasteiger partial charge in [-0.15, -0.1) is 0 Å². The lowest BCUT2D eigenvalue weighted by Crippen LogP contribution is -1.83. The van der Waals surface area contributed by atoms with Gasteiger partial charge >= 0.3 is 0 Å². The number of rotatable bonds is 2. The van der Waals surface area contributed by atoms with Gasteiger partial charge in [0.2, 0.25) is 0 Å². The number of para-hydroxylation sites is 1. The Morgan fingerprint density at radius 1 is 0.938 bits per heavy atom. The Kier molecular flexibility index (Phi) is 17.2. The van der Waals surface area contributed by atoms with Gasteiger partial charge in [0, 0.05) is 34.1 Å². The van der Waals surface area contributed by atoms with Crippen molar-refractivity contribution in [1.29, 1.82) is 0 Å². The first-order valence-corrected chi connectivity index (χ1v) is 4.99. The van der Waals surface area contributed by atoms with Crippen LogP contribution in [0.5, 0.6) is 0 Å². The number of allylic oxidation sites excluding steroid dienone is 1. The fourth-order valence-corrected chi connectivity index (χ4v) is 0.714. The Hall–Kier alpha value is -1.32. The molecule has 3 nitrogen and oxygen atoms in total. The zero-order chi connectivity index (χ0) is 12.6. The van der Waals surface area contributed by atoms with Crippen LogP contribution in [-0.2, 0) is 9.47 Å². The van der Waals surface area contributed by atoms with Crippen LogP contribution in [-0.4, -0.2) is 28.4 Å². The minimum Gasteiger partial charge on any atom is -0.388 e. The quantitative estimate of drug-likeness (QED) is 0.838. The summed E-state index contributed by atoms with van der Waals surface area (Å²) in [5.41, 5.74) is 1.13. The zero-order valence-corrected chi connectivity index (χ0v) is 10.9. The molecule has 0 spiro atoms. The van der Waals surface area contributed by atoms with E-state index in [2.05, 4.69) is 14.8 Å². The smallest absolute Gasteiger partial charge is 0.0379 e. The highest BCUT2D eigenvalue weighted by molar-refractivity contribution is 5.44. The predicted octanol–water partition coefficient (Wildman–Crippen LogP) is 3.16. The molecule has 1 rings (SSSR count). The van der Waals surface area contributed by atoms with Gasteiger partial charge in [-0.3, -0.25) is 0 Å². The molecule has 0 aliphatic heterocycles. The maximum Gasteiger partial charge on any atom is 0.0379 e. The molecule has 1 aromatic rings. The lowest BCUT2D eigenvalue weighted by Gasteiger charge is -1.96. The van der Waals surface area contributed by atoms with Gasteiger partial charge in [-0.1, -0.05) is 24.3 Å². The normalized spacial score (nSPS) is 8.56. The van der Waals surface area contributed by atoms with Crippen LogP contribution in [0.1, 0.15) is 6.92 Å². The van der Waals surface area contributed by atoms with Crippen molar-refractivity contribution in [3.05, 3.63) is 42.6 Å². The SMILES string of the molecule is CC=CNc1ccccc1.COC.COC. The van der Waals surface area contributed by atoms with Gasteiger partial charge < -0.3 is 14.8 Å². The summed E-state index contributed by atoms with van der Waals surface area (Å²) in [7, 11) is 6.50. The molecule has 1 aromatic carbocycles. The average molecular weight is 225 g/mol. The Labute approximate surface area is 99.1 Å². The van der Waals surface area contributed by atoms with Crippen molar-refractivity contribution in [3.8, 4) is 0 Å². The highest BCUT2D eigenvalue weighted by Gasteiger charge is 1.80. The molecule has 0 radical (unpaired) electrons. The van der Waals surface area contributed by atoms with Gasteiger partial charge in [0.1, 0.15) is 0 Å². The van der Waals surface area contributed by atoms with Crippen LogP contribution in [0.25, 0.3) is 0 Å². The number of methoxy groups -OCH3 is 2. The maximum absolute atomic E-state index is 4.25. The number of hydrogen-bond acceptors (Lipinski definition) is 3. The van der Waals surface area contributed by atoms with E-state index in [-0.39, 0.29) is 0 Å². The van der Waals surface area contributed by atoms with Crippen LogP contribution in [0, 0.1) is 0 Å². The van der Waals surface area contributed by atoms with Crippen LogP contribution in [0.4, 0.5) is 5.69 Å². The number of hydrogen-bond donors (Lipinski definition) is 1. The third kappa shape index (κ3) is 15.2. The summed E-state index contributed by atoms with van der Waals surface area (Å²) >= 11 is 0. The first kappa shape index (κ1) is 17.1. The molecule has 0 saturated heterocycles. The van der Waals surface area contributed by atoms with Gasteiger partial charge in [0.15, 0.2) is 0 Å². The maximum atomic E-state index is 4.25. The molecule has 0 aliphatic carbocycles. The van der Waals surface area contributed by atoms with Crippen LogP contribution < -0.4 is 5.32 Å². The number of ether oxygens (including phenoxy) is 2. The minimum atomic E-state index is 1.13. The molecular weight excluding hydrogens is 202 g/mol. The molecular formula is C13H23NO2. The minimum absolute atomic E-state index is 1.13. The van der Waals surface area contributed by atoms with E-state index >= 15 is 0 Å². The highest BCUT2D eigenvalue weighted by Crippen LogP contribution is 2.03. The number of benzene rings is 1. The summed E-state index contributed by atoms with van der Waals surface area (Å²) in [5, 5.41) is 3.11. The van der Waals surface area contributed by atoms with Crippen LogP contribution in [0.2, 0.25) is 0 Å². The van der Waals surface area contributed by atoms with E-state index < -0.39 is 0 Å². The average Bonchev–Trinajstić information content (AvgIpc) is 2.30. The third-order valence-electron chi connectivity index (χ3n) is 1.19. The van der Waals surface area contributed by atoms with E-state index in [0.29, 0.717) is 0 Å². The van der Waals surface area contributed by atoms with E-state index in [4.69, 9.17) is 0 Å². The van der Waals surface area contributed by atoms with Crippen molar-refractivity contribution < 1.29 is 9.47 Å². The van der Waals surface area contributed by atoms with E-state index in [0.717, 1.165) is 5.69 Å². The van der Waals surface area contributed by atoms with E-state index in [1.165, 1.54) is 0 Å². The second-order valence-electron chi connectivity index (χ2n) is 2.83. The molecule has 0 atom stereocenters. The molecule has 0 bridgehead atoms. The van der Waals surface area contributed by atoms with Gasteiger partial charge in [-0.2, -0.15) is 0 Å². The Morgan fingerprint density at radius 2 is 1.38 bits per heavy atom. The fourth-order valence-electron chi connectivity index (χ4n) is 0.714. The molecule has 16 heavy (non-hydrogen) atoms. The molecule has 0 aromatic heterocycles. The van der Waals surface area contributed by atoms with Crippen LogP contribution in [0.15, 0.2) is 42.6 Å². The van der Waals surface area contributed by atoms with Crippen LogP contribution >= 0.6 is 0 Å². The lowest BCUT2D eigenvalue weighted by molar-refractivity contribution is 0.277. The number of nitrogens with one attached hydrogen (secondary N) is 1. The van der Waals surface area contributed by atoms with Crippen molar-refractivity contribution in [1.82, 2.24) is 0 Å².